The van der Waals surface area contributed by atoms with Gasteiger partial charge in [0.15, 0.2) is 0 Å². The van der Waals surface area contributed by atoms with Crippen LogP contribution in [0.2, 0.25) is 0 Å². The molecule has 0 aliphatic carbocycles. The van der Waals surface area contributed by atoms with Gasteiger partial charge >= 0.3 is 60.8 Å². The third-order valence-electron chi connectivity index (χ3n) is 0. The minimum absolute atomic E-state index is 0. The quantitative estimate of drug-likeness (QED) is 0.379. The molecule has 0 amide bonds. The molecule has 0 aromatic carbocycles. The maximum Gasteiger partial charge on any atom is 2.00 e. The number of hydrogen-bond acceptors (Lipinski definition) is 0. The van der Waals surface area contributed by atoms with Gasteiger partial charge in [0.25, 0.3) is 0 Å². The van der Waals surface area contributed by atoms with E-state index >= 15 is 0 Å². The topological polar surface area (TPSA) is 0 Å². The van der Waals surface area contributed by atoms with Crippen molar-refractivity contribution in [2.45, 2.75) is 0 Å². The first-order chi connectivity index (χ1) is 1.00. The summed E-state index contributed by atoms with van der Waals surface area (Å²) < 4.78 is 0. The van der Waals surface area contributed by atoms with Crippen LogP contribution in [0.15, 0.2) is 0 Å². The Bertz CT molecular complexity index is 20.5. The molecule has 0 aromatic rings. The summed E-state index contributed by atoms with van der Waals surface area (Å²) in [4.78, 5) is 0. The second-order valence-corrected chi connectivity index (χ2v) is 0. The second kappa shape index (κ2) is 28.4. The molecule has 0 aromatic heterocycles. The molecule has 20 valence electrons. The van der Waals surface area contributed by atoms with E-state index < -0.39 is 0 Å². The Morgan fingerprint density at radius 3 is 1.40 bits per heavy atom. The Balaban J connectivity index is -0.000000000238. The van der Waals surface area contributed by atoms with Gasteiger partial charge in [-0.05, 0) is 10.1 Å². The van der Waals surface area contributed by atoms with E-state index in [0.717, 1.165) is 10.1 Å². The SMILES string of the molecule is [B][SiH3].[Ca+2].[H-].[H-].[H-].[H-].[Mg+2].[Zn]. The fraction of sp³-hybridized carbons (Fsp3) is 0. The summed E-state index contributed by atoms with van der Waals surface area (Å²) in [5, 5.41) is 0. The van der Waals surface area contributed by atoms with Crippen LogP contribution < -0.4 is 0 Å². The van der Waals surface area contributed by atoms with Crippen molar-refractivity contribution in [3.8, 4) is 0 Å². The molecule has 0 heterocycles. The first-order valence-electron chi connectivity index (χ1n) is 0.577. The molecule has 0 saturated heterocycles. The van der Waals surface area contributed by atoms with Crippen molar-refractivity contribution in [1.29, 1.82) is 0 Å². The van der Waals surface area contributed by atoms with Crippen molar-refractivity contribution in [2.75, 3.05) is 0 Å². The van der Waals surface area contributed by atoms with Gasteiger partial charge in [0.05, 0.1) is 0 Å². The van der Waals surface area contributed by atoms with Crippen LogP contribution in [0.5, 0.6) is 0 Å². The average Bonchev–Trinajstić information content (AvgIpc) is 1.00. The molecular weight excluding hydrogens is 169 g/mol. The van der Waals surface area contributed by atoms with E-state index in [1.807, 2.05) is 0 Å². The minimum Gasteiger partial charge on any atom is -1.00 e. The fourth-order valence-corrected chi connectivity index (χ4v) is 0. The van der Waals surface area contributed by atoms with Gasteiger partial charge in [-0.25, -0.2) is 0 Å². The van der Waals surface area contributed by atoms with Gasteiger partial charge in [-0.1, -0.05) is 0 Å². The molecule has 0 bridgehead atoms. The molecular formula is H7BCaMgSiZn. The molecule has 5 heteroatoms. The van der Waals surface area contributed by atoms with Gasteiger partial charge in [-0.3, -0.25) is 0 Å². The monoisotopic (exact) mass is 174 g/mol. The molecule has 5 heavy (non-hydrogen) atoms. The van der Waals surface area contributed by atoms with E-state index in [-0.39, 0.29) is 86.0 Å². The Morgan fingerprint density at radius 2 is 1.40 bits per heavy atom. The van der Waals surface area contributed by atoms with Crippen molar-refractivity contribution in [3.05, 3.63) is 0 Å². The van der Waals surface area contributed by atoms with Crippen molar-refractivity contribution >= 4 is 78.3 Å². The van der Waals surface area contributed by atoms with E-state index in [1.165, 1.54) is 0 Å². The Labute approximate surface area is 102 Å². The summed E-state index contributed by atoms with van der Waals surface area (Å²) in [6.07, 6.45) is 0. The zero-order valence-electron chi connectivity index (χ0n) is 7.70. The van der Waals surface area contributed by atoms with E-state index in [4.69, 9.17) is 0 Å². The maximum atomic E-state index is 4.64. The summed E-state index contributed by atoms with van der Waals surface area (Å²) in [6, 6.07) is 0. The summed E-state index contributed by atoms with van der Waals surface area (Å²) in [5.74, 6) is 0. The average molecular weight is 176 g/mol. The van der Waals surface area contributed by atoms with Crippen LogP contribution in [0, 0.1) is 0 Å². The number of hydrogen-bond donors (Lipinski definition) is 0. The molecule has 0 saturated carbocycles. The van der Waals surface area contributed by atoms with Gasteiger partial charge < -0.3 is 5.71 Å². The van der Waals surface area contributed by atoms with Crippen LogP contribution in [0.25, 0.3) is 0 Å². The van der Waals surface area contributed by atoms with Crippen LogP contribution in [0.1, 0.15) is 5.71 Å². The molecule has 0 fully saturated rings. The first-order valence-corrected chi connectivity index (χ1v) is 1.73. The van der Waals surface area contributed by atoms with Gasteiger partial charge in [0.1, 0.15) is 0 Å². The fourth-order valence-electron chi connectivity index (χ4n) is 0. The molecule has 0 atom stereocenters. The maximum absolute atomic E-state index is 4.64. The van der Waals surface area contributed by atoms with Crippen molar-refractivity contribution in [2.24, 2.45) is 0 Å². The van der Waals surface area contributed by atoms with Crippen LogP contribution in [-0.2, 0) is 19.5 Å². The third kappa shape index (κ3) is 19.6. The molecule has 0 aliphatic rings. The molecule has 0 unspecified atom stereocenters. The van der Waals surface area contributed by atoms with Crippen molar-refractivity contribution in [1.82, 2.24) is 0 Å². The van der Waals surface area contributed by atoms with Gasteiger partial charge in [-0.2, -0.15) is 0 Å². The smallest absolute Gasteiger partial charge is 1.00 e. The van der Waals surface area contributed by atoms with Gasteiger partial charge in [-0.15, -0.1) is 0 Å². The van der Waals surface area contributed by atoms with Gasteiger partial charge in [0, 0.05) is 26.9 Å². The molecule has 0 rings (SSSR count). The van der Waals surface area contributed by atoms with Crippen LogP contribution >= 0.6 is 0 Å². The van der Waals surface area contributed by atoms with E-state index in [2.05, 4.69) is 7.44 Å². The molecule has 2 radical (unpaired) electrons. The molecule has 0 nitrogen and oxygen atoms in total. The minimum atomic E-state index is 0. The summed E-state index contributed by atoms with van der Waals surface area (Å²) >= 11 is 0. The van der Waals surface area contributed by atoms with Crippen LogP contribution in [0.3, 0.4) is 0 Å². The Kier molecular flexibility index (Phi) is 140. The Morgan fingerprint density at radius 1 is 1.40 bits per heavy atom. The van der Waals surface area contributed by atoms with E-state index in [9.17, 15) is 0 Å². The molecule has 0 aliphatic heterocycles. The van der Waals surface area contributed by atoms with Crippen LogP contribution in [0.4, 0.5) is 0 Å². The van der Waals surface area contributed by atoms with Gasteiger partial charge in [0.2, 0.25) is 0 Å². The first kappa shape index (κ1) is 24.7. The molecule has 0 spiro atoms. The normalized spacial score (nSPS) is 1.60. The second-order valence-electron chi connectivity index (χ2n) is 0. The Hall–Kier alpha value is 2.93. The van der Waals surface area contributed by atoms with Crippen molar-refractivity contribution < 1.29 is 25.2 Å². The third-order valence-corrected chi connectivity index (χ3v) is 0. The largest absolute Gasteiger partial charge is 2.00 e. The summed E-state index contributed by atoms with van der Waals surface area (Å²) in [6.45, 7) is 0. The zero-order valence-corrected chi connectivity index (χ0v) is 12.3. The van der Waals surface area contributed by atoms with E-state index in [1.54, 1.807) is 0 Å². The number of rotatable bonds is 0. The predicted molar refractivity (Wildman–Crippen MR) is 31.6 cm³/mol. The summed E-state index contributed by atoms with van der Waals surface area (Å²) in [7, 11) is 5.44. The van der Waals surface area contributed by atoms with E-state index in [0.29, 0.717) is 0 Å². The summed E-state index contributed by atoms with van der Waals surface area (Å²) in [5.41, 5.74) is 0. The van der Waals surface area contributed by atoms with Crippen LogP contribution in [-0.4, -0.2) is 78.3 Å². The predicted octanol–water partition coefficient (Wildman–Crippen LogP) is -1.88. The van der Waals surface area contributed by atoms with Crippen molar-refractivity contribution in [3.63, 3.8) is 0 Å². The zero-order chi connectivity index (χ0) is 2.00. The standard InChI is InChI=1S/BH3Si.Ca.Mg.Zn.4H/c1-2;;;;;;;/h2H3;;;;;;;/q;2*+2;;4*-1. The molecule has 0 N–H and O–H groups in total.